The fraction of sp³-hybridized carbons (Fsp3) is 0.720. The second-order valence-electron chi connectivity index (χ2n) is 9.56. The molecule has 1 saturated heterocycles. The van der Waals surface area contributed by atoms with Crippen LogP contribution in [0.1, 0.15) is 77.2 Å². The zero-order valence-corrected chi connectivity index (χ0v) is 19.6. The van der Waals surface area contributed by atoms with E-state index < -0.39 is 6.10 Å². The first kappa shape index (κ1) is 24.0. The standard InChI is InChI=1S/C25H40N2O4/c1-5-6-9-20(16-28)26-27-15-22(25(3,17-27)18(2)29)19-12-13-23(30-4)24(14-19)31-21-10-7-8-11-21/h12-14,16,18,20-22,26,29H,5-11,15,17H2,1-4H3. The van der Waals surface area contributed by atoms with Crippen molar-refractivity contribution in [1.82, 2.24) is 10.4 Å². The van der Waals surface area contributed by atoms with Crippen LogP contribution < -0.4 is 14.9 Å². The Bertz CT molecular complexity index is 719. The van der Waals surface area contributed by atoms with Crippen molar-refractivity contribution >= 4 is 6.29 Å². The Hall–Kier alpha value is -1.63. The van der Waals surface area contributed by atoms with Crippen LogP contribution in [-0.2, 0) is 4.79 Å². The average Bonchev–Trinajstić information content (AvgIpc) is 3.39. The summed E-state index contributed by atoms with van der Waals surface area (Å²) in [5, 5.41) is 12.8. The number of aldehydes is 1. The minimum Gasteiger partial charge on any atom is -0.493 e. The molecule has 1 saturated carbocycles. The van der Waals surface area contributed by atoms with Crippen molar-refractivity contribution in [2.24, 2.45) is 5.41 Å². The molecule has 2 N–H and O–H groups in total. The zero-order chi connectivity index (χ0) is 22.4. The molecule has 1 aliphatic carbocycles. The van der Waals surface area contributed by atoms with Gasteiger partial charge in [-0.15, -0.1) is 0 Å². The Morgan fingerprint density at radius 1 is 1.32 bits per heavy atom. The zero-order valence-electron chi connectivity index (χ0n) is 19.6. The summed E-state index contributed by atoms with van der Waals surface area (Å²) in [6, 6.07) is 5.98. The molecule has 1 heterocycles. The predicted molar refractivity (Wildman–Crippen MR) is 122 cm³/mol. The van der Waals surface area contributed by atoms with Crippen molar-refractivity contribution in [2.45, 2.75) is 89.9 Å². The van der Waals surface area contributed by atoms with Crippen LogP contribution in [0.15, 0.2) is 18.2 Å². The van der Waals surface area contributed by atoms with Crippen molar-refractivity contribution in [1.29, 1.82) is 0 Å². The van der Waals surface area contributed by atoms with E-state index in [1.807, 2.05) is 13.0 Å². The molecule has 1 aromatic carbocycles. The van der Waals surface area contributed by atoms with E-state index in [0.29, 0.717) is 6.54 Å². The quantitative estimate of drug-likeness (QED) is 0.514. The highest BCUT2D eigenvalue weighted by Crippen LogP contribution is 2.46. The molecule has 2 fully saturated rings. The Labute approximate surface area is 187 Å². The van der Waals surface area contributed by atoms with Gasteiger partial charge in [0.05, 0.1) is 25.4 Å². The topological polar surface area (TPSA) is 71.0 Å². The van der Waals surface area contributed by atoms with Crippen LogP contribution >= 0.6 is 0 Å². The third-order valence-electron chi connectivity index (χ3n) is 7.25. The second kappa shape index (κ2) is 10.8. The first-order valence-electron chi connectivity index (χ1n) is 11.9. The number of unbranched alkanes of at least 4 members (excludes halogenated alkanes) is 1. The summed E-state index contributed by atoms with van der Waals surface area (Å²) in [7, 11) is 1.67. The van der Waals surface area contributed by atoms with Crippen molar-refractivity contribution in [3.63, 3.8) is 0 Å². The first-order chi connectivity index (χ1) is 14.9. The number of hydrogen-bond acceptors (Lipinski definition) is 6. The van der Waals surface area contributed by atoms with E-state index in [1.165, 1.54) is 12.8 Å². The van der Waals surface area contributed by atoms with E-state index in [-0.39, 0.29) is 23.5 Å². The Morgan fingerprint density at radius 2 is 2.06 bits per heavy atom. The van der Waals surface area contributed by atoms with E-state index in [4.69, 9.17) is 9.47 Å². The molecule has 3 rings (SSSR count). The van der Waals surface area contributed by atoms with Gasteiger partial charge in [0.2, 0.25) is 0 Å². The summed E-state index contributed by atoms with van der Waals surface area (Å²) in [4.78, 5) is 11.6. The summed E-state index contributed by atoms with van der Waals surface area (Å²) in [5.74, 6) is 1.65. The number of aliphatic hydroxyl groups is 1. The van der Waals surface area contributed by atoms with Gasteiger partial charge < -0.3 is 19.4 Å². The lowest BCUT2D eigenvalue weighted by molar-refractivity contribution is -0.111. The summed E-state index contributed by atoms with van der Waals surface area (Å²) < 4.78 is 11.9. The number of benzene rings is 1. The van der Waals surface area contributed by atoms with E-state index in [9.17, 15) is 9.90 Å². The van der Waals surface area contributed by atoms with Crippen LogP contribution in [0, 0.1) is 5.41 Å². The second-order valence-corrected chi connectivity index (χ2v) is 9.56. The highest BCUT2D eigenvalue weighted by Gasteiger charge is 2.47. The number of rotatable bonds is 11. The van der Waals surface area contributed by atoms with Crippen molar-refractivity contribution in [3.8, 4) is 11.5 Å². The van der Waals surface area contributed by atoms with Gasteiger partial charge in [0.25, 0.3) is 0 Å². The lowest BCUT2D eigenvalue weighted by Crippen LogP contribution is -2.46. The SMILES string of the molecule is CCCCC(C=O)NN1CC(c2ccc(OC)c(OC3CCCC3)c2)C(C)(C(C)O)C1. The monoisotopic (exact) mass is 432 g/mol. The average molecular weight is 433 g/mol. The smallest absolute Gasteiger partial charge is 0.161 e. The van der Waals surface area contributed by atoms with E-state index in [2.05, 4.69) is 36.4 Å². The highest BCUT2D eigenvalue weighted by molar-refractivity contribution is 5.57. The van der Waals surface area contributed by atoms with Gasteiger partial charge in [-0.25, -0.2) is 10.4 Å². The molecule has 2 aliphatic rings. The van der Waals surface area contributed by atoms with Crippen LogP contribution in [0.3, 0.4) is 0 Å². The highest BCUT2D eigenvalue weighted by atomic mass is 16.5. The molecule has 4 atom stereocenters. The molecule has 1 aliphatic heterocycles. The summed E-state index contributed by atoms with van der Waals surface area (Å²) >= 11 is 0. The number of hydrazine groups is 1. The number of ether oxygens (including phenoxy) is 2. The maximum atomic E-state index is 11.6. The van der Waals surface area contributed by atoms with Crippen molar-refractivity contribution in [2.75, 3.05) is 20.2 Å². The maximum Gasteiger partial charge on any atom is 0.161 e. The number of methoxy groups -OCH3 is 1. The molecule has 0 aromatic heterocycles. The van der Waals surface area contributed by atoms with Crippen LogP contribution in [0.2, 0.25) is 0 Å². The molecule has 1 aromatic rings. The van der Waals surface area contributed by atoms with E-state index in [1.54, 1.807) is 7.11 Å². The van der Waals surface area contributed by atoms with Gasteiger partial charge in [-0.3, -0.25) is 0 Å². The largest absolute Gasteiger partial charge is 0.493 e. The number of hydrogen-bond donors (Lipinski definition) is 2. The number of carbonyl (C=O) groups is 1. The predicted octanol–water partition coefficient (Wildman–Crippen LogP) is 4.07. The van der Waals surface area contributed by atoms with Gasteiger partial charge in [0.1, 0.15) is 6.29 Å². The molecular weight excluding hydrogens is 392 g/mol. The normalized spacial score (nSPS) is 26.7. The third-order valence-corrected chi connectivity index (χ3v) is 7.25. The Balaban J connectivity index is 1.82. The molecular formula is C25H40N2O4. The molecule has 0 bridgehead atoms. The number of carbonyl (C=O) groups excluding carboxylic acids is 1. The maximum absolute atomic E-state index is 11.6. The summed E-state index contributed by atoms with van der Waals surface area (Å²) in [6.07, 6.45) is 8.28. The minimum atomic E-state index is -0.490. The Kier molecular flexibility index (Phi) is 8.36. The van der Waals surface area contributed by atoms with E-state index in [0.717, 1.165) is 62.0 Å². The molecule has 31 heavy (non-hydrogen) atoms. The number of aliphatic hydroxyl groups excluding tert-OH is 1. The van der Waals surface area contributed by atoms with Crippen molar-refractivity contribution in [3.05, 3.63) is 23.8 Å². The van der Waals surface area contributed by atoms with Gasteiger partial charge in [-0.05, 0) is 56.7 Å². The number of nitrogens with one attached hydrogen (secondary N) is 1. The van der Waals surface area contributed by atoms with Crippen LogP contribution in [-0.4, -0.2) is 54.9 Å². The van der Waals surface area contributed by atoms with Crippen molar-refractivity contribution < 1.29 is 19.4 Å². The van der Waals surface area contributed by atoms with Crippen LogP contribution in [0.25, 0.3) is 0 Å². The van der Waals surface area contributed by atoms with Crippen LogP contribution in [0.4, 0.5) is 0 Å². The van der Waals surface area contributed by atoms with Gasteiger partial charge in [0, 0.05) is 24.4 Å². The molecule has 0 radical (unpaired) electrons. The third kappa shape index (κ3) is 5.60. The Morgan fingerprint density at radius 3 is 2.68 bits per heavy atom. The van der Waals surface area contributed by atoms with Gasteiger partial charge in [-0.2, -0.15) is 0 Å². The molecule has 174 valence electrons. The molecule has 0 amide bonds. The fourth-order valence-corrected chi connectivity index (χ4v) is 5.03. The molecule has 6 nitrogen and oxygen atoms in total. The fourth-order valence-electron chi connectivity index (χ4n) is 5.03. The lowest BCUT2D eigenvalue weighted by atomic mass is 9.72. The number of nitrogens with zero attached hydrogens (tertiary/aromatic N) is 1. The van der Waals surface area contributed by atoms with Gasteiger partial charge in [-0.1, -0.05) is 32.8 Å². The summed E-state index contributed by atoms with van der Waals surface area (Å²) in [6.45, 7) is 7.54. The van der Waals surface area contributed by atoms with E-state index >= 15 is 0 Å². The van der Waals surface area contributed by atoms with Gasteiger partial charge in [0.15, 0.2) is 11.5 Å². The van der Waals surface area contributed by atoms with Gasteiger partial charge >= 0.3 is 0 Å². The minimum absolute atomic E-state index is 0.107. The molecule has 4 unspecified atom stereocenters. The molecule has 6 heteroatoms. The first-order valence-corrected chi connectivity index (χ1v) is 11.9. The lowest BCUT2D eigenvalue weighted by Gasteiger charge is -2.34. The van der Waals surface area contributed by atoms with Crippen LogP contribution in [0.5, 0.6) is 11.5 Å². The summed E-state index contributed by atoms with van der Waals surface area (Å²) in [5.41, 5.74) is 4.20. The molecule has 0 spiro atoms.